The number of hydrogen-bond acceptors (Lipinski definition) is 5. The van der Waals surface area contributed by atoms with E-state index >= 15 is 0 Å². The summed E-state index contributed by atoms with van der Waals surface area (Å²) in [5.74, 6) is -0.198. The van der Waals surface area contributed by atoms with E-state index < -0.39 is 22.3 Å². The SMILES string of the molecule is N=C(N)c1ccc(CNC(=O)C2CCCN2C(=O)C(NS(N)(=O)=O)C(C2CCCCC2)C2CCCCC2)cc1. The van der Waals surface area contributed by atoms with Gasteiger partial charge in [0.2, 0.25) is 11.8 Å². The minimum absolute atomic E-state index is 0.0203. The lowest BCUT2D eigenvalue weighted by molar-refractivity contribution is -0.142. The molecule has 39 heavy (non-hydrogen) atoms. The van der Waals surface area contributed by atoms with Crippen LogP contribution in [0.2, 0.25) is 0 Å². The monoisotopic (exact) mass is 560 g/mol. The van der Waals surface area contributed by atoms with Gasteiger partial charge in [0.15, 0.2) is 0 Å². The Labute approximate surface area is 232 Å². The van der Waals surface area contributed by atoms with Crippen LogP contribution < -0.4 is 20.9 Å². The standard InChI is InChI=1S/C28H44N6O4S/c29-26(30)22-15-13-19(14-16-22)18-32-27(35)23-12-7-17-34(23)28(36)25(33-39(31,37)38)24(20-8-3-1-4-9-20)21-10-5-2-6-11-21/h13-16,20-21,23-25,33H,1-12,17-18H2,(H3,29,30)(H,32,35)(H2,31,37,38). The number of nitrogen functional groups attached to an aromatic ring is 1. The molecule has 0 radical (unpaired) electrons. The van der Waals surface area contributed by atoms with Gasteiger partial charge in [-0.3, -0.25) is 15.0 Å². The second-order valence-electron chi connectivity index (χ2n) is 11.5. The van der Waals surface area contributed by atoms with E-state index in [1.807, 2.05) is 0 Å². The molecule has 2 atom stereocenters. The summed E-state index contributed by atoms with van der Waals surface area (Å²) < 4.78 is 27.3. The quantitative estimate of drug-likeness (QED) is 0.218. The van der Waals surface area contributed by atoms with Gasteiger partial charge in [-0.05, 0) is 36.2 Å². The molecule has 1 aromatic rings. The Morgan fingerprint density at radius 1 is 0.923 bits per heavy atom. The number of nitrogens with two attached hydrogens (primary N) is 2. The van der Waals surface area contributed by atoms with Gasteiger partial charge in [0.1, 0.15) is 17.9 Å². The van der Waals surface area contributed by atoms with Crippen LogP contribution in [0.5, 0.6) is 0 Å². The van der Waals surface area contributed by atoms with Crippen LogP contribution in [0.4, 0.5) is 0 Å². The molecule has 0 spiro atoms. The lowest BCUT2D eigenvalue weighted by Gasteiger charge is -2.43. The lowest BCUT2D eigenvalue weighted by atomic mass is 9.66. The molecule has 3 aliphatic rings. The Hall–Kier alpha value is -2.50. The van der Waals surface area contributed by atoms with E-state index in [-0.39, 0.29) is 41.9 Å². The van der Waals surface area contributed by atoms with Gasteiger partial charge in [-0.1, -0.05) is 88.5 Å². The van der Waals surface area contributed by atoms with Gasteiger partial charge in [0.05, 0.1) is 0 Å². The minimum atomic E-state index is -4.14. The van der Waals surface area contributed by atoms with Crippen LogP contribution in [0, 0.1) is 23.2 Å². The Bertz CT molecular complexity index is 1100. The molecular weight excluding hydrogens is 516 g/mol. The normalized spacial score (nSPS) is 22.1. The van der Waals surface area contributed by atoms with E-state index in [9.17, 15) is 18.0 Å². The first-order valence-electron chi connectivity index (χ1n) is 14.5. The van der Waals surface area contributed by atoms with Crippen molar-refractivity contribution in [2.75, 3.05) is 6.54 Å². The predicted molar refractivity (Wildman–Crippen MR) is 151 cm³/mol. The molecule has 1 aliphatic heterocycles. The predicted octanol–water partition coefficient (Wildman–Crippen LogP) is 2.52. The highest BCUT2D eigenvalue weighted by Gasteiger charge is 2.45. The zero-order valence-corrected chi connectivity index (χ0v) is 23.6. The molecule has 1 saturated heterocycles. The number of hydrogen-bond donors (Lipinski definition) is 5. The van der Waals surface area contributed by atoms with Crippen molar-refractivity contribution in [3.63, 3.8) is 0 Å². The number of rotatable bonds is 10. The van der Waals surface area contributed by atoms with E-state index in [4.69, 9.17) is 16.3 Å². The lowest BCUT2D eigenvalue weighted by Crippen LogP contribution is -2.59. The maximum absolute atomic E-state index is 14.2. The molecule has 11 heteroatoms. The van der Waals surface area contributed by atoms with Crippen LogP contribution in [0.25, 0.3) is 0 Å². The summed E-state index contributed by atoms with van der Waals surface area (Å²) in [6.45, 7) is 0.691. The molecule has 1 aromatic carbocycles. The molecule has 7 N–H and O–H groups in total. The molecule has 2 aliphatic carbocycles. The molecular formula is C28H44N6O4S. The Morgan fingerprint density at radius 2 is 1.49 bits per heavy atom. The molecule has 1 heterocycles. The molecule has 2 saturated carbocycles. The molecule has 0 bridgehead atoms. The number of amides is 2. The number of likely N-dealkylation sites (tertiary alicyclic amines) is 1. The topological polar surface area (TPSA) is 171 Å². The average molecular weight is 561 g/mol. The number of carbonyl (C=O) groups excluding carboxylic acids is 2. The number of carbonyl (C=O) groups is 2. The van der Waals surface area contributed by atoms with Gasteiger partial charge in [-0.25, -0.2) is 5.14 Å². The first-order valence-corrected chi connectivity index (χ1v) is 16.0. The Balaban J connectivity index is 1.52. The van der Waals surface area contributed by atoms with Crippen molar-refractivity contribution in [3.8, 4) is 0 Å². The number of nitrogens with one attached hydrogen (secondary N) is 3. The Kier molecular flexibility index (Phi) is 10.0. The molecule has 3 fully saturated rings. The van der Waals surface area contributed by atoms with E-state index in [1.54, 1.807) is 29.2 Å². The molecule has 216 valence electrons. The van der Waals surface area contributed by atoms with Crippen molar-refractivity contribution in [3.05, 3.63) is 35.4 Å². The third-order valence-electron chi connectivity index (χ3n) is 8.90. The first kappa shape index (κ1) is 29.5. The van der Waals surface area contributed by atoms with Gasteiger partial charge < -0.3 is 16.0 Å². The summed E-state index contributed by atoms with van der Waals surface area (Å²) in [5.41, 5.74) is 6.98. The van der Waals surface area contributed by atoms with Gasteiger partial charge in [-0.15, -0.1) is 0 Å². The highest BCUT2D eigenvalue weighted by atomic mass is 32.2. The summed E-state index contributed by atoms with van der Waals surface area (Å²) in [5, 5.41) is 16.0. The largest absolute Gasteiger partial charge is 0.384 e. The van der Waals surface area contributed by atoms with Crippen LogP contribution >= 0.6 is 0 Å². The number of benzene rings is 1. The summed E-state index contributed by atoms with van der Waals surface area (Å²) in [4.78, 5) is 29.0. The van der Waals surface area contributed by atoms with Crippen LogP contribution in [0.15, 0.2) is 24.3 Å². The zero-order chi connectivity index (χ0) is 28.0. The highest BCUT2D eigenvalue weighted by Crippen LogP contribution is 2.42. The van der Waals surface area contributed by atoms with Gasteiger partial charge in [0.25, 0.3) is 10.2 Å². The highest BCUT2D eigenvalue weighted by molar-refractivity contribution is 7.87. The van der Waals surface area contributed by atoms with Gasteiger partial charge in [-0.2, -0.15) is 13.1 Å². The maximum Gasteiger partial charge on any atom is 0.275 e. The second kappa shape index (κ2) is 13.2. The van der Waals surface area contributed by atoms with E-state index in [1.165, 1.54) is 12.8 Å². The summed E-state index contributed by atoms with van der Waals surface area (Å²) >= 11 is 0. The molecule has 0 aromatic heterocycles. The number of nitrogens with zero attached hydrogens (tertiary/aromatic N) is 1. The average Bonchev–Trinajstić information content (AvgIpc) is 3.42. The first-order chi connectivity index (χ1) is 18.6. The smallest absolute Gasteiger partial charge is 0.275 e. The number of amidine groups is 1. The third kappa shape index (κ3) is 7.79. The van der Waals surface area contributed by atoms with Gasteiger partial charge >= 0.3 is 0 Å². The van der Waals surface area contributed by atoms with Crippen molar-refractivity contribution in [2.24, 2.45) is 28.6 Å². The third-order valence-corrected chi connectivity index (χ3v) is 9.48. The van der Waals surface area contributed by atoms with Crippen molar-refractivity contribution >= 4 is 27.9 Å². The molecule has 4 rings (SSSR count). The molecule has 2 unspecified atom stereocenters. The van der Waals surface area contributed by atoms with Crippen LogP contribution in [-0.4, -0.2) is 49.6 Å². The van der Waals surface area contributed by atoms with Crippen molar-refractivity contribution in [1.29, 1.82) is 5.41 Å². The van der Waals surface area contributed by atoms with Crippen molar-refractivity contribution in [2.45, 2.75) is 95.7 Å². The summed E-state index contributed by atoms with van der Waals surface area (Å²) in [7, 11) is -4.14. The molecule has 10 nitrogen and oxygen atoms in total. The van der Waals surface area contributed by atoms with E-state index in [0.717, 1.165) is 56.9 Å². The fourth-order valence-corrected chi connectivity index (χ4v) is 7.64. The maximum atomic E-state index is 14.2. The van der Waals surface area contributed by atoms with E-state index in [2.05, 4.69) is 10.0 Å². The zero-order valence-electron chi connectivity index (χ0n) is 22.7. The van der Waals surface area contributed by atoms with Crippen molar-refractivity contribution in [1.82, 2.24) is 14.9 Å². The van der Waals surface area contributed by atoms with Crippen molar-refractivity contribution < 1.29 is 18.0 Å². The van der Waals surface area contributed by atoms with Crippen LogP contribution in [-0.2, 0) is 26.3 Å². The summed E-state index contributed by atoms with van der Waals surface area (Å²) in [6.07, 6.45) is 11.9. The second-order valence-corrected chi connectivity index (χ2v) is 12.9. The van der Waals surface area contributed by atoms with Crippen LogP contribution in [0.3, 0.4) is 0 Å². The minimum Gasteiger partial charge on any atom is -0.384 e. The van der Waals surface area contributed by atoms with Gasteiger partial charge in [0, 0.05) is 18.7 Å². The Morgan fingerprint density at radius 3 is 2.00 bits per heavy atom. The fourth-order valence-electron chi connectivity index (χ4n) is 7.03. The summed E-state index contributed by atoms with van der Waals surface area (Å²) in [6, 6.07) is 5.46. The molecule has 2 amide bonds. The fraction of sp³-hybridized carbons (Fsp3) is 0.679. The van der Waals surface area contributed by atoms with E-state index in [0.29, 0.717) is 24.9 Å². The van der Waals surface area contributed by atoms with Crippen LogP contribution in [0.1, 0.15) is 88.2 Å².